The highest BCUT2D eigenvalue weighted by atomic mass is 35.5. The number of benzene rings is 3. The highest BCUT2D eigenvalue weighted by molar-refractivity contribution is 6.30. The summed E-state index contributed by atoms with van der Waals surface area (Å²) in [5.74, 6) is -0.207. The molecule has 6 heteroatoms. The average Bonchev–Trinajstić information content (AvgIpc) is 2.73. The number of halogens is 1. The van der Waals surface area contributed by atoms with E-state index in [1.165, 1.54) is 0 Å². The number of para-hydroxylation sites is 2. The summed E-state index contributed by atoms with van der Waals surface area (Å²) in [7, 11) is 0. The van der Waals surface area contributed by atoms with Crippen LogP contribution in [-0.4, -0.2) is 15.5 Å². The zero-order valence-electron chi connectivity index (χ0n) is 15.7. The number of aromatic nitrogens is 2. The van der Waals surface area contributed by atoms with Crippen LogP contribution in [-0.2, 0) is 6.54 Å². The minimum atomic E-state index is -0.207. The Balaban J connectivity index is 1.56. The Kier molecular flexibility index (Phi) is 5.14. The summed E-state index contributed by atoms with van der Waals surface area (Å²) in [6.07, 6.45) is 0. The maximum absolute atomic E-state index is 12.6. The van der Waals surface area contributed by atoms with Gasteiger partial charge in [0.1, 0.15) is 5.69 Å². The Morgan fingerprint density at radius 1 is 1.00 bits per heavy atom. The highest BCUT2D eigenvalue weighted by Gasteiger charge is 2.09. The lowest BCUT2D eigenvalue weighted by molar-refractivity contribution is 0.102. The van der Waals surface area contributed by atoms with Crippen LogP contribution < -0.4 is 10.9 Å². The van der Waals surface area contributed by atoms with E-state index in [9.17, 15) is 9.59 Å². The highest BCUT2D eigenvalue weighted by Crippen LogP contribution is 2.16. The SMILES string of the molecule is Cc1nc2ccccc2n(Cc2ccc(NC(=O)c3ccc(Cl)cc3)cc2)c1=O. The first-order valence-corrected chi connectivity index (χ1v) is 9.51. The number of amides is 1. The van der Waals surface area contributed by atoms with Crippen molar-refractivity contribution in [3.05, 3.63) is 105 Å². The molecule has 0 bridgehead atoms. The number of anilines is 1. The van der Waals surface area contributed by atoms with Gasteiger partial charge in [0.05, 0.1) is 17.6 Å². The molecule has 0 atom stereocenters. The number of rotatable bonds is 4. The van der Waals surface area contributed by atoms with Crippen LogP contribution >= 0.6 is 11.6 Å². The summed E-state index contributed by atoms with van der Waals surface area (Å²) in [6, 6.07) is 21.7. The van der Waals surface area contributed by atoms with Crippen molar-refractivity contribution in [3.63, 3.8) is 0 Å². The quantitative estimate of drug-likeness (QED) is 0.539. The fourth-order valence-corrected chi connectivity index (χ4v) is 3.28. The molecule has 0 saturated heterocycles. The van der Waals surface area contributed by atoms with E-state index in [2.05, 4.69) is 10.3 Å². The van der Waals surface area contributed by atoms with E-state index >= 15 is 0 Å². The predicted molar refractivity (Wildman–Crippen MR) is 116 cm³/mol. The van der Waals surface area contributed by atoms with Crippen LogP contribution in [0.3, 0.4) is 0 Å². The second-order valence-corrected chi connectivity index (χ2v) is 7.17. The van der Waals surface area contributed by atoms with Gasteiger partial charge in [-0.2, -0.15) is 0 Å². The van der Waals surface area contributed by atoms with Crippen LogP contribution in [0.2, 0.25) is 5.02 Å². The lowest BCUT2D eigenvalue weighted by atomic mass is 10.1. The maximum Gasteiger partial charge on any atom is 0.272 e. The molecule has 1 N–H and O–H groups in total. The fourth-order valence-electron chi connectivity index (χ4n) is 3.16. The molecule has 0 fully saturated rings. The van der Waals surface area contributed by atoms with Crippen molar-refractivity contribution in [2.45, 2.75) is 13.5 Å². The van der Waals surface area contributed by atoms with Gasteiger partial charge in [0, 0.05) is 16.3 Å². The minimum absolute atomic E-state index is 0.108. The van der Waals surface area contributed by atoms with E-state index in [0.29, 0.717) is 28.5 Å². The molecular formula is C23H18ClN3O2. The maximum atomic E-state index is 12.6. The van der Waals surface area contributed by atoms with Gasteiger partial charge in [-0.05, 0) is 61.0 Å². The standard InChI is InChI=1S/C23H18ClN3O2/c1-15-23(29)27(21-5-3-2-4-20(21)25-15)14-16-6-12-19(13-7-16)26-22(28)17-8-10-18(24)11-9-17/h2-13H,14H2,1H3,(H,26,28). The second kappa shape index (κ2) is 7.89. The van der Waals surface area contributed by atoms with E-state index in [4.69, 9.17) is 11.6 Å². The van der Waals surface area contributed by atoms with Gasteiger partial charge in [0.15, 0.2) is 0 Å². The van der Waals surface area contributed by atoms with Gasteiger partial charge in [-0.25, -0.2) is 4.98 Å². The van der Waals surface area contributed by atoms with Crippen LogP contribution in [0.25, 0.3) is 11.0 Å². The molecular weight excluding hydrogens is 386 g/mol. The van der Waals surface area contributed by atoms with Gasteiger partial charge in [-0.15, -0.1) is 0 Å². The topological polar surface area (TPSA) is 64.0 Å². The normalized spacial score (nSPS) is 10.8. The van der Waals surface area contributed by atoms with Crippen LogP contribution in [0.5, 0.6) is 0 Å². The number of carbonyl (C=O) groups is 1. The van der Waals surface area contributed by atoms with E-state index < -0.39 is 0 Å². The molecule has 1 amide bonds. The first-order valence-electron chi connectivity index (χ1n) is 9.13. The molecule has 5 nitrogen and oxygen atoms in total. The Bertz CT molecular complexity index is 1250. The van der Waals surface area contributed by atoms with Crippen molar-refractivity contribution in [3.8, 4) is 0 Å². The number of nitrogens with one attached hydrogen (secondary N) is 1. The zero-order valence-corrected chi connectivity index (χ0v) is 16.5. The van der Waals surface area contributed by atoms with Crippen molar-refractivity contribution in [1.29, 1.82) is 0 Å². The first-order chi connectivity index (χ1) is 14.0. The zero-order chi connectivity index (χ0) is 20.4. The number of nitrogens with zero attached hydrogens (tertiary/aromatic N) is 2. The molecule has 0 unspecified atom stereocenters. The van der Waals surface area contributed by atoms with Gasteiger partial charge in [0.2, 0.25) is 0 Å². The van der Waals surface area contributed by atoms with Gasteiger partial charge in [-0.1, -0.05) is 35.9 Å². The predicted octanol–water partition coefficient (Wildman–Crippen LogP) is 4.66. The summed E-state index contributed by atoms with van der Waals surface area (Å²) < 4.78 is 1.72. The van der Waals surface area contributed by atoms with E-state index in [1.807, 2.05) is 48.5 Å². The molecule has 0 spiro atoms. The molecule has 4 aromatic rings. The van der Waals surface area contributed by atoms with Crippen molar-refractivity contribution < 1.29 is 4.79 Å². The number of hydrogen-bond acceptors (Lipinski definition) is 3. The number of fused-ring (bicyclic) bond motifs is 1. The molecule has 1 heterocycles. The molecule has 0 aliphatic carbocycles. The van der Waals surface area contributed by atoms with Gasteiger partial charge < -0.3 is 9.88 Å². The Morgan fingerprint density at radius 3 is 2.41 bits per heavy atom. The van der Waals surface area contributed by atoms with Gasteiger partial charge in [0.25, 0.3) is 11.5 Å². The Morgan fingerprint density at radius 2 is 1.69 bits per heavy atom. The van der Waals surface area contributed by atoms with E-state index in [0.717, 1.165) is 16.6 Å². The van der Waals surface area contributed by atoms with Crippen molar-refractivity contribution in [2.75, 3.05) is 5.32 Å². The molecule has 1 aromatic heterocycles. The third-order valence-corrected chi connectivity index (χ3v) is 4.93. The summed E-state index contributed by atoms with van der Waals surface area (Å²) >= 11 is 5.86. The summed E-state index contributed by atoms with van der Waals surface area (Å²) in [4.78, 5) is 29.3. The summed E-state index contributed by atoms with van der Waals surface area (Å²) in [5.41, 5.74) is 4.10. The molecule has 0 radical (unpaired) electrons. The molecule has 3 aromatic carbocycles. The third-order valence-electron chi connectivity index (χ3n) is 4.67. The van der Waals surface area contributed by atoms with Crippen molar-refractivity contribution in [2.24, 2.45) is 0 Å². The largest absolute Gasteiger partial charge is 0.322 e. The lowest BCUT2D eigenvalue weighted by Crippen LogP contribution is -2.24. The molecule has 4 rings (SSSR count). The summed E-state index contributed by atoms with van der Waals surface area (Å²) in [5, 5.41) is 3.44. The Hall–Kier alpha value is -3.44. The lowest BCUT2D eigenvalue weighted by Gasteiger charge is -2.12. The number of carbonyl (C=O) groups excluding carboxylic acids is 1. The second-order valence-electron chi connectivity index (χ2n) is 6.74. The number of aryl methyl sites for hydroxylation is 1. The van der Waals surface area contributed by atoms with Crippen LogP contribution in [0.15, 0.2) is 77.6 Å². The van der Waals surface area contributed by atoms with Crippen molar-refractivity contribution >= 4 is 34.2 Å². The van der Waals surface area contributed by atoms with E-state index in [1.54, 1.807) is 35.8 Å². The Labute approximate surface area is 172 Å². The minimum Gasteiger partial charge on any atom is -0.322 e. The van der Waals surface area contributed by atoms with Crippen LogP contribution in [0.4, 0.5) is 5.69 Å². The molecule has 0 saturated carbocycles. The smallest absolute Gasteiger partial charge is 0.272 e. The number of hydrogen-bond donors (Lipinski definition) is 1. The van der Waals surface area contributed by atoms with Crippen molar-refractivity contribution in [1.82, 2.24) is 9.55 Å². The fraction of sp³-hybridized carbons (Fsp3) is 0.0870. The third kappa shape index (κ3) is 4.05. The average molecular weight is 404 g/mol. The molecule has 0 aliphatic rings. The summed E-state index contributed by atoms with van der Waals surface area (Å²) in [6.45, 7) is 2.15. The van der Waals surface area contributed by atoms with Gasteiger partial charge >= 0.3 is 0 Å². The van der Waals surface area contributed by atoms with E-state index in [-0.39, 0.29) is 11.5 Å². The van der Waals surface area contributed by atoms with Crippen LogP contribution in [0, 0.1) is 6.92 Å². The first kappa shape index (κ1) is 18.9. The molecule has 29 heavy (non-hydrogen) atoms. The molecule has 0 aliphatic heterocycles. The monoisotopic (exact) mass is 403 g/mol. The molecule has 144 valence electrons. The van der Waals surface area contributed by atoms with Crippen LogP contribution in [0.1, 0.15) is 21.6 Å². The van der Waals surface area contributed by atoms with Gasteiger partial charge in [-0.3, -0.25) is 9.59 Å².